The third kappa shape index (κ3) is 3.33. The van der Waals surface area contributed by atoms with E-state index in [4.69, 9.17) is 4.74 Å². The highest BCUT2D eigenvalue weighted by Gasteiger charge is 2.23. The van der Waals surface area contributed by atoms with E-state index in [0.29, 0.717) is 25.2 Å². The Hall–Kier alpha value is -0.950. The van der Waals surface area contributed by atoms with Gasteiger partial charge >= 0.3 is 0 Å². The van der Waals surface area contributed by atoms with Gasteiger partial charge in [-0.15, -0.1) is 0 Å². The second-order valence-electron chi connectivity index (χ2n) is 4.62. The van der Waals surface area contributed by atoms with Gasteiger partial charge in [-0.1, -0.05) is 13.0 Å². The summed E-state index contributed by atoms with van der Waals surface area (Å²) in [5.74, 6) is 0. The fraction of sp³-hybridized carbons (Fsp3) is 0.538. The maximum atomic E-state index is 12.2. The Morgan fingerprint density at radius 1 is 1.42 bits per heavy atom. The second kappa shape index (κ2) is 6.00. The molecule has 0 bridgehead atoms. The van der Waals surface area contributed by atoms with Crippen molar-refractivity contribution < 1.29 is 18.3 Å². The highest BCUT2D eigenvalue weighted by molar-refractivity contribution is 7.89. The van der Waals surface area contributed by atoms with Gasteiger partial charge in [0.05, 0.1) is 18.1 Å². The molecular formula is C13H19NO4S. The zero-order valence-corrected chi connectivity index (χ0v) is 11.7. The maximum Gasteiger partial charge on any atom is 0.240 e. The van der Waals surface area contributed by atoms with Crippen molar-refractivity contribution >= 4 is 10.0 Å². The van der Waals surface area contributed by atoms with Crippen LogP contribution in [0.3, 0.4) is 0 Å². The second-order valence-corrected chi connectivity index (χ2v) is 6.34. The van der Waals surface area contributed by atoms with Crippen LogP contribution in [0.25, 0.3) is 0 Å². The van der Waals surface area contributed by atoms with Crippen LogP contribution in [0.5, 0.6) is 0 Å². The Labute approximate surface area is 113 Å². The van der Waals surface area contributed by atoms with Crippen molar-refractivity contribution in [3.8, 4) is 0 Å². The van der Waals surface area contributed by atoms with Crippen LogP contribution in [0.1, 0.15) is 24.5 Å². The smallest absolute Gasteiger partial charge is 0.240 e. The molecule has 5 nitrogen and oxygen atoms in total. The van der Waals surface area contributed by atoms with Crippen molar-refractivity contribution in [2.45, 2.75) is 37.3 Å². The molecule has 1 aromatic carbocycles. The van der Waals surface area contributed by atoms with Crippen molar-refractivity contribution in [1.82, 2.24) is 4.72 Å². The van der Waals surface area contributed by atoms with Gasteiger partial charge in [0.15, 0.2) is 0 Å². The molecule has 19 heavy (non-hydrogen) atoms. The molecule has 2 rings (SSSR count). The molecule has 0 amide bonds. The van der Waals surface area contributed by atoms with Crippen LogP contribution in [0.15, 0.2) is 23.1 Å². The van der Waals surface area contributed by atoms with Gasteiger partial charge in [-0.3, -0.25) is 0 Å². The monoisotopic (exact) mass is 285 g/mol. The number of rotatable bonds is 5. The Balaban J connectivity index is 2.24. The SMILES string of the molecule is CCc1ccc(S(=O)(=O)NC2CCOC2)cc1CO. The molecule has 1 heterocycles. The standard InChI is InChI=1S/C13H19NO4S/c1-2-10-3-4-13(7-11(10)8-15)19(16,17)14-12-5-6-18-9-12/h3-4,7,12,14-15H,2,5-6,8-9H2,1H3. The minimum absolute atomic E-state index is 0.154. The van der Waals surface area contributed by atoms with Crippen molar-refractivity contribution in [2.24, 2.45) is 0 Å². The summed E-state index contributed by atoms with van der Waals surface area (Å²) in [4.78, 5) is 0.195. The summed E-state index contributed by atoms with van der Waals surface area (Å²) in [6.45, 7) is 2.82. The number of sulfonamides is 1. The van der Waals surface area contributed by atoms with E-state index in [-0.39, 0.29) is 17.5 Å². The molecule has 1 aliphatic rings. The number of hydrogen-bond donors (Lipinski definition) is 2. The number of hydrogen-bond acceptors (Lipinski definition) is 4. The molecule has 2 N–H and O–H groups in total. The summed E-state index contributed by atoms with van der Waals surface area (Å²) < 4.78 is 32.2. The molecule has 0 saturated carbocycles. The van der Waals surface area contributed by atoms with Gasteiger partial charge < -0.3 is 9.84 Å². The predicted octanol–water partition coefficient (Wildman–Crippen LogP) is 0.808. The van der Waals surface area contributed by atoms with Crippen LogP contribution in [-0.2, 0) is 27.8 Å². The first-order valence-electron chi connectivity index (χ1n) is 6.39. The van der Waals surface area contributed by atoms with E-state index in [1.807, 2.05) is 6.92 Å². The van der Waals surface area contributed by atoms with Crippen LogP contribution >= 0.6 is 0 Å². The van der Waals surface area contributed by atoms with E-state index in [9.17, 15) is 13.5 Å². The molecule has 1 aliphatic heterocycles. The Kier molecular flexibility index (Phi) is 4.57. The van der Waals surface area contributed by atoms with E-state index in [1.54, 1.807) is 12.1 Å². The summed E-state index contributed by atoms with van der Waals surface area (Å²) in [5.41, 5.74) is 1.62. The molecule has 106 valence electrons. The lowest BCUT2D eigenvalue weighted by Crippen LogP contribution is -2.35. The highest BCUT2D eigenvalue weighted by Crippen LogP contribution is 2.18. The number of nitrogens with one attached hydrogen (secondary N) is 1. The summed E-state index contributed by atoms with van der Waals surface area (Å²) in [7, 11) is -3.54. The van der Waals surface area contributed by atoms with Crippen molar-refractivity contribution in [3.63, 3.8) is 0 Å². The van der Waals surface area contributed by atoms with Crippen molar-refractivity contribution in [3.05, 3.63) is 29.3 Å². The third-order valence-electron chi connectivity index (χ3n) is 3.29. The van der Waals surface area contributed by atoms with Gasteiger partial charge in [-0.05, 0) is 36.1 Å². The van der Waals surface area contributed by atoms with Crippen molar-refractivity contribution in [2.75, 3.05) is 13.2 Å². The zero-order valence-electron chi connectivity index (χ0n) is 10.9. The van der Waals surface area contributed by atoms with Crippen LogP contribution in [0, 0.1) is 0 Å². The van der Waals surface area contributed by atoms with E-state index in [2.05, 4.69) is 4.72 Å². The Morgan fingerprint density at radius 2 is 2.21 bits per heavy atom. The molecule has 1 atom stereocenters. The lowest BCUT2D eigenvalue weighted by molar-refractivity contribution is 0.192. The fourth-order valence-electron chi connectivity index (χ4n) is 2.18. The largest absolute Gasteiger partial charge is 0.392 e. The number of aliphatic hydroxyl groups is 1. The molecule has 6 heteroatoms. The summed E-state index contributed by atoms with van der Waals surface area (Å²) >= 11 is 0. The summed E-state index contributed by atoms with van der Waals surface area (Å²) in [6.07, 6.45) is 1.46. The molecule has 1 unspecified atom stereocenters. The first kappa shape index (κ1) is 14.5. The van der Waals surface area contributed by atoms with Gasteiger partial charge in [0, 0.05) is 12.6 Å². The number of ether oxygens (including phenoxy) is 1. The van der Waals surface area contributed by atoms with Crippen LogP contribution < -0.4 is 4.72 Å². The molecular weight excluding hydrogens is 266 g/mol. The van der Waals surface area contributed by atoms with Gasteiger partial charge in [0.2, 0.25) is 10.0 Å². The molecule has 0 aromatic heterocycles. The van der Waals surface area contributed by atoms with Crippen LogP contribution in [-0.4, -0.2) is 32.8 Å². The minimum Gasteiger partial charge on any atom is -0.392 e. The van der Waals surface area contributed by atoms with Crippen LogP contribution in [0.2, 0.25) is 0 Å². The topological polar surface area (TPSA) is 75.6 Å². The molecule has 1 fully saturated rings. The third-order valence-corrected chi connectivity index (χ3v) is 4.81. The molecule has 1 saturated heterocycles. The summed E-state index contributed by atoms with van der Waals surface area (Å²) in [6, 6.07) is 4.71. The molecule has 0 radical (unpaired) electrons. The average molecular weight is 285 g/mol. The van der Waals surface area contributed by atoms with E-state index in [0.717, 1.165) is 12.0 Å². The molecule has 0 spiro atoms. The van der Waals surface area contributed by atoms with E-state index >= 15 is 0 Å². The Morgan fingerprint density at radius 3 is 2.79 bits per heavy atom. The lowest BCUT2D eigenvalue weighted by atomic mass is 10.1. The van der Waals surface area contributed by atoms with Crippen LogP contribution in [0.4, 0.5) is 0 Å². The molecule has 1 aromatic rings. The number of aryl methyl sites for hydroxylation is 1. The average Bonchev–Trinajstić information content (AvgIpc) is 2.89. The normalized spacial score (nSPS) is 19.8. The maximum absolute atomic E-state index is 12.2. The lowest BCUT2D eigenvalue weighted by Gasteiger charge is -2.13. The minimum atomic E-state index is -3.54. The Bertz CT molecular complexity index is 536. The van der Waals surface area contributed by atoms with Crippen molar-refractivity contribution in [1.29, 1.82) is 0 Å². The predicted molar refractivity (Wildman–Crippen MR) is 71.3 cm³/mol. The fourth-order valence-corrected chi connectivity index (χ4v) is 3.48. The highest BCUT2D eigenvalue weighted by atomic mass is 32.2. The molecule has 0 aliphatic carbocycles. The summed E-state index contributed by atoms with van der Waals surface area (Å²) in [5, 5.41) is 9.29. The van der Waals surface area contributed by atoms with Gasteiger partial charge in [0.1, 0.15) is 0 Å². The van der Waals surface area contributed by atoms with E-state index < -0.39 is 10.0 Å². The van der Waals surface area contributed by atoms with Gasteiger partial charge in [-0.25, -0.2) is 13.1 Å². The van der Waals surface area contributed by atoms with Gasteiger partial charge in [-0.2, -0.15) is 0 Å². The number of benzene rings is 1. The number of aliphatic hydroxyl groups excluding tert-OH is 1. The first-order valence-corrected chi connectivity index (χ1v) is 7.88. The van der Waals surface area contributed by atoms with Gasteiger partial charge in [0.25, 0.3) is 0 Å². The van der Waals surface area contributed by atoms with E-state index in [1.165, 1.54) is 6.07 Å². The first-order chi connectivity index (χ1) is 9.06. The quantitative estimate of drug-likeness (QED) is 0.839. The zero-order chi connectivity index (χ0) is 13.9.